The standard InChI is InChI=1S/C9H14O/c1-10-9-5-6-2-3-7(9)8(9)4-6/h6-8H,2-5H2,1H3. The average molecular weight is 138 g/mol. The maximum Gasteiger partial charge on any atom is 0.0744 e. The molecule has 4 saturated carbocycles. The number of rotatable bonds is 1. The van der Waals surface area contributed by atoms with Gasteiger partial charge in [-0.1, -0.05) is 0 Å². The van der Waals surface area contributed by atoms with Crippen LogP contribution in [0.1, 0.15) is 25.7 Å². The molecule has 0 saturated heterocycles. The van der Waals surface area contributed by atoms with E-state index in [4.69, 9.17) is 4.74 Å². The molecule has 1 heteroatoms. The van der Waals surface area contributed by atoms with E-state index in [1.54, 1.807) is 0 Å². The van der Waals surface area contributed by atoms with Gasteiger partial charge >= 0.3 is 0 Å². The lowest BCUT2D eigenvalue weighted by atomic mass is 9.85. The first-order valence-electron chi connectivity index (χ1n) is 4.42. The maximum absolute atomic E-state index is 5.61. The van der Waals surface area contributed by atoms with Crippen molar-refractivity contribution in [3.8, 4) is 0 Å². The van der Waals surface area contributed by atoms with Crippen LogP contribution in [0, 0.1) is 17.8 Å². The quantitative estimate of drug-likeness (QED) is 0.537. The second-order valence-corrected chi connectivity index (χ2v) is 4.26. The van der Waals surface area contributed by atoms with Gasteiger partial charge in [-0.25, -0.2) is 0 Å². The van der Waals surface area contributed by atoms with Crippen molar-refractivity contribution in [2.24, 2.45) is 17.8 Å². The van der Waals surface area contributed by atoms with E-state index in [1.165, 1.54) is 25.7 Å². The van der Waals surface area contributed by atoms with Crippen LogP contribution < -0.4 is 0 Å². The number of hydrogen-bond acceptors (Lipinski definition) is 1. The highest BCUT2D eigenvalue weighted by atomic mass is 16.5. The zero-order valence-corrected chi connectivity index (χ0v) is 6.47. The van der Waals surface area contributed by atoms with Crippen molar-refractivity contribution in [3.63, 3.8) is 0 Å². The molecule has 4 rings (SSSR count). The van der Waals surface area contributed by atoms with E-state index < -0.39 is 0 Å². The van der Waals surface area contributed by atoms with Crippen LogP contribution in [0.2, 0.25) is 0 Å². The van der Waals surface area contributed by atoms with Crippen LogP contribution in [0.25, 0.3) is 0 Å². The maximum atomic E-state index is 5.61. The molecule has 0 aromatic heterocycles. The lowest BCUT2D eigenvalue weighted by Crippen LogP contribution is -2.21. The zero-order valence-electron chi connectivity index (χ0n) is 6.47. The van der Waals surface area contributed by atoms with Crippen LogP contribution in [-0.2, 0) is 4.74 Å². The second kappa shape index (κ2) is 1.42. The molecule has 0 N–H and O–H groups in total. The zero-order chi connectivity index (χ0) is 6.77. The van der Waals surface area contributed by atoms with E-state index in [9.17, 15) is 0 Å². The molecule has 1 nitrogen and oxygen atoms in total. The minimum absolute atomic E-state index is 0.420. The molecule has 0 aromatic rings. The third-order valence-electron chi connectivity index (χ3n) is 4.09. The Morgan fingerprint density at radius 2 is 2.20 bits per heavy atom. The number of ether oxygens (including phenoxy) is 1. The predicted molar refractivity (Wildman–Crippen MR) is 38.7 cm³/mol. The van der Waals surface area contributed by atoms with Gasteiger partial charge in [-0.05, 0) is 43.4 Å². The highest BCUT2D eigenvalue weighted by Gasteiger charge is 2.71. The van der Waals surface area contributed by atoms with Gasteiger partial charge < -0.3 is 4.74 Å². The normalized spacial score (nSPS) is 62.7. The minimum Gasteiger partial charge on any atom is -0.378 e. The van der Waals surface area contributed by atoms with Gasteiger partial charge in [0.15, 0.2) is 0 Å². The lowest BCUT2D eigenvalue weighted by molar-refractivity contribution is 0.0400. The number of fused-ring (bicyclic) bond motifs is 1. The highest BCUT2D eigenvalue weighted by Crippen LogP contribution is 2.71. The fraction of sp³-hybridized carbons (Fsp3) is 1.00. The molecule has 0 aromatic carbocycles. The van der Waals surface area contributed by atoms with Crippen molar-refractivity contribution in [3.05, 3.63) is 0 Å². The topological polar surface area (TPSA) is 9.23 Å². The second-order valence-electron chi connectivity index (χ2n) is 4.26. The van der Waals surface area contributed by atoms with Gasteiger partial charge in [0.1, 0.15) is 0 Å². The molecule has 4 aliphatic carbocycles. The Morgan fingerprint density at radius 3 is 2.50 bits per heavy atom. The van der Waals surface area contributed by atoms with Crippen molar-refractivity contribution in [2.45, 2.75) is 31.3 Å². The summed E-state index contributed by atoms with van der Waals surface area (Å²) < 4.78 is 5.61. The largest absolute Gasteiger partial charge is 0.378 e. The smallest absolute Gasteiger partial charge is 0.0744 e. The molecular formula is C9H14O. The summed E-state index contributed by atoms with van der Waals surface area (Å²) in [6, 6.07) is 0. The van der Waals surface area contributed by atoms with Crippen molar-refractivity contribution in [1.29, 1.82) is 0 Å². The monoisotopic (exact) mass is 138 g/mol. The van der Waals surface area contributed by atoms with Crippen molar-refractivity contribution in [2.75, 3.05) is 7.11 Å². The summed E-state index contributed by atoms with van der Waals surface area (Å²) >= 11 is 0. The Hall–Kier alpha value is -0.0400. The van der Waals surface area contributed by atoms with Crippen molar-refractivity contribution < 1.29 is 4.74 Å². The van der Waals surface area contributed by atoms with Gasteiger partial charge in [-0.15, -0.1) is 0 Å². The molecule has 4 atom stereocenters. The van der Waals surface area contributed by atoms with Crippen LogP contribution in [0.15, 0.2) is 0 Å². The molecule has 4 aliphatic rings. The highest BCUT2D eigenvalue weighted by molar-refractivity contribution is 5.21. The minimum atomic E-state index is 0.420. The first kappa shape index (κ1) is 5.59. The first-order valence-corrected chi connectivity index (χ1v) is 4.42. The predicted octanol–water partition coefficient (Wildman–Crippen LogP) is 1.82. The van der Waals surface area contributed by atoms with Crippen LogP contribution in [0.4, 0.5) is 0 Å². The van der Waals surface area contributed by atoms with E-state index in [2.05, 4.69) is 0 Å². The fourth-order valence-corrected chi connectivity index (χ4v) is 3.60. The lowest BCUT2D eigenvalue weighted by Gasteiger charge is -2.24. The number of hydrogen-bond donors (Lipinski definition) is 0. The molecule has 56 valence electrons. The molecule has 0 aliphatic heterocycles. The van der Waals surface area contributed by atoms with E-state index in [1.807, 2.05) is 7.11 Å². The molecule has 10 heavy (non-hydrogen) atoms. The van der Waals surface area contributed by atoms with Crippen LogP contribution in [-0.4, -0.2) is 12.7 Å². The molecule has 4 fully saturated rings. The van der Waals surface area contributed by atoms with E-state index in [-0.39, 0.29) is 0 Å². The summed E-state index contributed by atoms with van der Waals surface area (Å²) in [6.07, 6.45) is 5.83. The van der Waals surface area contributed by atoms with Gasteiger partial charge in [0.2, 0.25) is 0 Å². The van der Waals surface area contributed by atoms with Gasteiger partial charge in [0.25, 0.3) is 0 Å². The van der Waals surface area contributed by atoms with E-state index >= 15 is 0 Å². The summed E-state index contributed by atoms with van der Waals surface area (Å²) in [5.41, 5.74) is 0.420. The summed E-state index contributed by atoms with van der Waals surface area (Å²) in [6.45, 7) is 0. The Kier molecular flexibility index (Phi) is 0.797. The Bertz CT molecular complexity index is 172. The van der Waals surface area contributed by atoms with Crippen LogP contribution in [0.3, 0.4) is 0 Å². The molecule has 0 spiro atoms. The fourth-order valence-electron chi connectivity index (χ4n) is 3.60. The van der Waals surface area contributed by atoms with Crippen LogP contribution >= 0.6 is 0 Å². The summed E-state index contributed by atoms with van der Waals surface area (Å²) in [5, 5.41) is 0. The SMILES string of the molecule is COC12CC3CCC1C2C3. The summed E-state index contributed by atoms with van der Waals surface area (Å²) in [7, 11) is 1.90. The number of methoxy groups -OCH3 is 1. The summed E-state index contributed by atoms with van der Waals surface area (Å²) in [5.74, 6) is 2.99. The van der Waals surface area contributed by atoms with E-state index in [0.717, 1.165) is 17.8 Å². The van der Waals surface area contributed by atoms with E-state index in [0.29, 0.717) is 5.60 Å². The van der Waals surface area contributed by atoms with Crippen LogP contribution in [0.5, 0.6) is 0 Å². The van der Waals surface area contributed by atoms with Crippen molar-refractivity contribution in [1.82, 2.24) is 0 Å². The Morgan fingerprint density at radius 1 is 1.30 bits per heavy atom. The third kappa shape index (κ3) is 0.402. The molecule has 0 heterocycles. The molecular weight excluding hydrogens is 124 g/mol. The summed E-state index contributed by atoms with van der Waals surface area (Å²) in [4.78, 5) is 0. The van der Waals surface area contributed by atoms with Gasteiger partial charge in [0.05, 0.1) is 5.60 Å². The molecule has 4 bridgehead atoms. The van der Waals surface area contributed by atoms with Gasteiger partial charge in [-0.2, -0.15) is 0 Å². The molecule has 0 radical (unpaired) electrons. The van der Waals surface area contributed by atoms with Crippen molar-refractivity contribution >= 4 is 0 Å². The third-order valence-corrected chi connectivity index (χ3v) is 4.09. The average Bonchev–Trinajstić information content (AvgIpc) is 2.52. The molecule has 4 unspecified atom stereocenters. The Balaban J connectivity index is 1.94. The van der Waals surface area contributed by atoms with Gasteiger partial charge in [0, 0.05) is 7.11 Å². The molecule has 0 amide bonds. The first-order chi connectivity index (χ1) is 4.87. The van der Waals surface area contributed by atoms with Gasteiger partial charge in [-0.3, -0.25) is 0 Å². The Labute approximate surface area is 61.8 Å².